The molecule has 120 valence electrons. The molecule has 1 atom stereocenters. The smallest absolute Gasteiger partial charge is 0.347 e. The molecule has 0 spiro atoms. The van der Waals surface area contributed by atoms with E-state index in [0.29, 0.717) is 13.0 Å². The van der Waals surface area contributed by atoms with Crippen LogP contribution >= 0.6 is 11.3 Å². The van der Waals surface area contributed by atoms with Gasteiger partial charge in [0.15, 0.2) is 5.69 Å². The Morgan fingerprint density at radius 2 is 2.27 bits per heavy atom. The number of aromatic nitrogens is 4. The molecule has 0 radical (unpaired) electrons. The Kier molecular flexibility index (Phi) is 5.11. The van der Waals surface area contributed by atoms with E-state index in [1.54, 1.807) is 6.92 Å². The van der Waals surface area contributed by atoms with Crippen molar-refractivity contribution < 1.29 is 18.0 Å². The van der Waals surface area contributed by atoms with Gasteiger partial charge in [-0.2, -0.15) is 18.3 Å². The standard InChI is InChI=1S/C12H14F3N5OS/c1-2-8(11-19-9(5-22-11)12(13,14)15)18-10(21)3-4-20-7-16-6-17-20/h5-8H,2-4H2,1H3,(H,18,21)/t8-/m0/s1. The van der Waals surface area contributed by atoms with Crippen molar-refractivity contribution in [1.29, 1.82) is 0 Å². The summed E-state index contributed by atoms with van der Waals surface area (Å²) in [4.78, 5) is 19.2. The van der Waals surface area contributed by atoms with Crippen molar-refractivity contribution in [3.05, 3.63) is 28.7 Å². The number of thiazole rings is 1. The van der Waals surface area contributed by atoms with Gasteiger partial charge in [0.2, 0.25) is 5.91 Å². The summed E-state index contributed by atoms with van der Waals surface area (Å²) in [6.07, 6.45) is -0.997. The highest BCUT2D eigenvalue weighted by Gasteiger charge is 2.34. The van der Waals surface area contributed by atoms with Crippen LogP contribution in [0.25, 0.3) is 0 Å². The molecule has 22 heavy (non-hydrogen) atoms. The highest BCUT2D eigenvalue weighted by Crippen LogP contribution is 2.32. The molecule has 6 nitrogen and oxygen atoms in total. The third-order valence-electron chi connectivity index (χ3n) is 2.89. The van der Waals surface area contributed by atoms with Crippen LogP contribution in [0.15, 0.2) is 18.0 Å². The van der Waals surface area contributed by atoms with Gasteiger partial charge in [0, 0.05) is 11.8 Å². The number of alkyl halides is 3. The van der Waals surface area contributed by atoms with Gasteiger partial charge in [-0.1, -0.05) is 6.92 Å². The van der Waals surface area contributed by atoms with Crippen molar-refractivity contribution in [3.63, 3.8) is 0 Å². The van der Waals surface area contributed by atoms with Crippen LogP contribution in [0.2, 0.25) is 0 Å². The lowest BCUT2D eigenvalue weighted by atomic mass is 10.2. The van der Waals surface area contributed by atoms with E-state index >= 15 is 0 Å². The molecule has 0 saturated carbocycles. The molecule has 10 heteroatoms. The number of hydrogen-bond donors (Lipinski definition) is 1. The zero-order valence-electron chi connectivity index (χ0n) is 11.7. The van der Waals surface area contributed by atoms with Crippen LogP contribution in [-0.4, -0.2) is 25.7 Å². The van der Waals surface area contributed by atoms with Gasteiger partial charge < -0.3 is 5.32 Å². The number of amides is 1. The van der Waals surface area contributed by atoms with Crippen LogP contribution < -0.4 is 5.32 Å². The highest BCUT2D eigenvalue weighted by atomic mass is 32.1. The first-order valence-corrected chi connectivity index (χ1v) is 7.42. The Labute approximate surface area is 128 Å². The van der Waals surface area contributed by atoms with E-state index in [9.17, 15) is 18.0 Å². The fourth-order valence-electron chi connectivity index (χ4n) is 1.75. The highest BCUT2D eigenvalue weighted by molar-refractivity contribution is 7.09. The first-order chi connectivity index (χ1) is 10.4. The van der Waals surface area contributed by atoms with Crippen molar-refractivity contribution in [1.82, 2.24) is 25.1 Å². The maximum Gasteiger partial charge on any atom is 0.434 e. The summed E-state index contributed by atoms with van der Waals surface area (Å²) < 4.78 is 39.2. The van der Waals surface area contributed by atoms with Gasteiger partial charge >= 0.3 is 6.18 Å². The lowest BCUT2D eigenvalue weighted by Gasteiger charge is -2.14. The zero-order valence-corrected chi connectivity index (χ0v) is 12.5. The maximum absolute atomic E-state index is 12.6. The Morgan fingerprint density at radius 1 is 1.50 bits per heavy atom. The van der Waals surface area contributed by atoms with E-state index < -0.39 is 17.9 Å². The van der Waals surface area contributed by atoms with Crippen molar-refractivity contribution in [2.24, 2.45) is 0 Å². The SMILES string of the molecule is CC[C@H](NC(=O)CCn1cncn1)c1nc(C(F)(F)F)cs1. The number of halogens is 3. The van der Waals surface area contributed by atoms with Crippen LogP contribution in [0.5, 0.6) is 0 Å². The lowest BCUT2D eigenvalue weighted by molar-refractivity contribution is -0.140. The number of rotatable bonds is 6. The number of nitrogens with zero attached hydrogens (tertiary/aromatic N) is 4. The van der Waals surface area contributed by atoms with Gasteiger partial charge in [-0.15, -0.1) is 11.3 Å². The first kappa shape index (κ1) is 16.4. The number of nitrogens with one attached hydrogen (secondary N) is 1. The summed E-state index contributed by atoms with van der Waals surface area (Å²) in [6.45, 7) is 2.13. The number of carbonyl (C=O) groups excluding carboxylic acids is 1. The van der Waals surface area contributed by atoms with Crippen LogP contribution in [0.4, 0.5) is 13.2 Å². The van der Waals surface area contributed by atoms with Gasteiger partial charge in [0.05, 0.1) is 12.6 Å². The second kappa shape index (κ2) is 6.86. The predicted octanol–water partition coefficient (Wildman–Crippen LogP) is 2.41. The normalized spacial score (nSPS) is 13.1. The van der Waals surface area contributed by atoms with Crippen molar-refractivity contribution >= 4 is 17.2 Å². The summed E-state index contributed by atoms with van der Waals surface area (Å²) in [6, 6.07) is -0.524. The molecular formula is C12H14F3N5OS. The molecule has 0 fully saturated rings. The maximum atomic E-state index is 12.6. The van der Waals surface area contributed by atoms with E-state index in [2.05, 4.69) is 20.4 Å². The quantitative estimate of drug-likeness (QED) is 0.881. The topological polar surface area (TPSA) is 72.7 Å². The zero-order chi connectivity index (χ0) is 16.2. The Balaban J connectivity index is 1.93. The third-order valence-corrected chi connectivity index (χ3v) is 3.85. The number of carbonyl (C=O) groups is 1. The molecule has 0 aliphatic heterocycles. The molecule has 2 aromatic rings. The summed E-state index contributed by atoms with van der Waals surface area (Å²) >= 11 is 0.894. The van der Waals surface area contributed by atoms with Gasteiger partial charge in [0.1, 0.15) is 17.7 Å². The monoisotopic (exact) mass is 333 g/mol. The van der Waals surface area contributed by atoms with Crippen molar-refractivity contribution in [2.45, 2.75) is 38.5 Å². The fourth-order valence-corrected chi connectivity index (χ4v) is 2.71. The average Bonchev–Trinajstić information content (AvgIpc) is 3.12. The molecule has 2 aromatic heterocycles. The van der Waals surface area contributed by atoms with Gasteiger partial charge in [-0.3, -0.25) is 9.48 Å². The summed E-state index contributed by atoms with van der Waals surface area (Å²) in [5.41, 5.74) is -0.928. The van der Waals surface area contributed by atoms with E-state index in [4.69, 9.17) is 0 Å². The summed E-state index contributed by atoms with van der Waals surface area (Å²) in [5.74, 6) is -0.272. The fraction of sp³-hybridized carbons (Fsp3) is 0.500. The van der Waals surface area contributed by atoms with Gasteiger partial charge in [-0.25, -0.2) is 9.97 Å². The molecule has 2 heterocycles. The molecule has 1 N–H and O–H groups in total. The minimum absolute atomic E-state index is 0.164. The average molecular weight is 333 g/mol. The summed E-state index contributed by atoms with van der Waals surface area (Å²) in [5, 5.41) is 7.77. The minimum Gasteiger partial charge on any atom is -0.347 e. The number of aryl methyl sites for hydroxylation is 1. The Morgan fingerprint density at radius 3 is 2.82 bits per heavy atom. The molecule has 1 amide bonds. The molecule has 0 aromatic carbocycles. The largest absolute Gasteiger partial charge is 0.434 e. The second-order valence-corrected chi connectivity index (χ2v) is 5.40. The third kappa shape index (κ3) is 4.26. The van der Waals surface area contributed by atoms with Crippen molar-refractivity contribution in [2.75, 3.05) is 0 Å². The van der Waals surface area contributed by atoms with E-state index in [-0.39, 0.29) is 17.3 Å². The molecule has 0 saturated heterocycles. The van der Waals surface area contributed by atoms with E-state index in [0.717, 1.165) is 16.7 Å². The van der Waals surface area contributed by atoms with Crippen LogP contribution in [-0.2, 0) is 17.5 Å². The van der Waals surface area contributed by atoms with E-state index in [1.165, 1.54) is 17.3 Å². The van der Waals surface area contributed by atoms with Gasteiger partial charge in [0.25, 0.3) is 0 Å². The van der Waals surface area contributed by atoms with Crippen LogP contribution in [0, 0.1) is 0 Å². The molecule has 0 unspecified atom stereocenters. The minimum atomic E-state index is -4.47. The van der Waals surface area contributed by atoms with E-state index in [1.807, 2.05) is 0 Å². The summed E-state index contributed by atoms with van der Waals surface area (Å²) in [7, 11) is 0. The Hall–Kier alpha value is -1.97. The first-order valence-electron chi connectivity index (χ1n) is 6.54. The number of hydrogen-bond acceptors (Lipinski definition) is 5. The molecular weight excluding hydrogens is 319 g/mol. The lowest BCUT2D eigenvalue weighted by Crippen LogP contribution is -2.29. The van der Waals surface area contributed by atoms with Gasteiger partial charge in [-0.05, 0) is 6.42 Å². The molecule has 0 aliphatic carbocycles. The van der Waals surface area contributed by atoms with Crippen LogP contribution in [0.3, 0.4) is 0 Å². The van der Waals surface area contributed by atoms with Crippen LogP contribution in [0.1, 0.15) is 36.5 Å². The molecule has 0 bridgehead atoms. The molecule has 2 rings (SSSR count). The molecule has 0 aliphatic rings. The second-order valence-electron chi connectivity index (χ2n) is 4.51. The Bertz CT molecular complexity index is 611. The predicted molar refractivity (Wildman–Crippen MR) is 72.9 cm³/mol. The van der Waals surface area contributed by atoms with Crippen molar-refractivity contribution in [3.8, 4) is 0 Å².